The van der Waals surface area contributed by atoms with Crippen molar-refractivity contribution >= 4 is 11.5 Å². The van der Waals surface area contributed by atoms with Gasteiger partial charge in [-0.1, -0.05) is 0 Å². The third kappa shape index (κ3) is 3.17. The van der Waals surface area contributed by atoms with Crippen LogP contribution in [0.1, 0.15) is 25.7 Å². The number of fused-ring (bicyclic) bond motifs is 1. The average Bonchev–Trinajstić information content (AvgIpc) is 3.13. The van der Waals surface area contributed by atoms with Gasteiger partial charge in [-0.05, 0) is 37.3 Å². The van der Waals surface area contributed by atoms with Gasteiger partial charge in [-0.15, -0.1) is 15.3 Å². The molecule has 1 atom stereocenters. The molecule has 0 aromatic carbocycles. The van der Waals surface area contributed by atoms with Gasteiger partial charge in [0.15, 0.2) is 5.65 Å². The summed E-state index contributed by atoms with van der Waals surface area (Å²) in [4.78, 5) is 2.25. The number of nitrogens with zero attached hydrogens (tertiary/aromatic N) is 5. The third-order valence-corrected chi connectivity index (χ3v) is 5.79. The molecule has 3 saturated heterocycles. The number of hydrogen-bond acceptors (Lipinski definition) is 7. The summed E-state index contributed by atoms with van der Waals surface area (Å²) in [5.41, 5.74) is 0.682. The summed E-state index contributed by atoms with van der Waals surface area (Å²) in [5.74, 6) is 1.59. The Labute approximate surface area is 152 Å². The molecule has 3 aliphatic rings. The first-order valence-corrected chi connectivity index (χ1v) is 9.55. The smallest absolute Gasteiger partial charge is 0.177 e. The van der Waals surface area contributed by atoms with E-state index in [4.69, 9.17) is 14.2 Å². The maximum absolute atomic E-state index is 6.25. The van der Waals surface area contributed by atoms with Crippen LogP contribution in [0.3, 0.4) is 0 Å². The Morgan fingerprint density at radius 1 is 1.15 bits per heavy atom. The molecule has 0 N–H and O–H groups in total. The van der Waals surface area contributed by atoms with Crippen molar-refractivity contribution in [2.24, 2.45) is 5.92 Å². The van der Waals surface area contributed by atoms with Gasteiger partial charge in [0, 0.05) is 32.8 Å². The Bertz CT molecular complexity index is 754. The minimum absolute atomic E-state index is 0.0809. The average molecular weight is 359 g/mol. The van der Waals surface area contributed by atoms with Crippen LogP contribution in [0.25, 0.3) is 5.65 Å². The molecule has 0 bridgehead atoms. The normalized spacial score (nSPS) is 26.3. The maximum atomic E-state index is 6.25. The van der Waals surface area contributed by atoms with Crippen LogP contribution in [0.4, 0.5) is 5.82 Å². The topological polar surface area (TPSA) is 74.0 Å². The van der Waals surface area contributed by atoms with Gasteiger partial charge in [0.2, 0.25) is 0 Å². The van der Waals surface area contributed by atoms with Gasteiger partial charge in [-0.2, -0.15) is 4.52 Å². The van der Waals surface area contributed by atoms with Gasteiger partial charge in [-0.25, -0.2) is 0 Å². The Kier molecular flexibility index (Phi) is 4.26. The molecule has 5 rings (SSSR count). The van der Waals surface area contributed by atoms with E-state index in [0.717, 1.165) is 76.7 Å². The van der Waals surface area contributed by atoms with E-state index in [1.165, 1.54) is 0 Å². The van der Waals surface area contributed by atoms with E-state index in [9.17, 15) is 0 Å². The Morgan fingerprint density at radius 3 is 2.92 bits per heavy atom. The molecule has 2 aromatic rings. The van der Waals surface area contributed by atoms with Crippen LogP contribution in [0.5, 0.6) is 0 Å². The van der Waals surface area contributed by atoms with Crippen LogP contribution in [-0.2, 0) is 14.2 Å². The van der Waals surface area contributed by atoms with Crippen LogP contribution in [0, 0.1) is 5.92 Å². The molecule has 26 heavy (non-hydrogen) atoms. The fraction of sp³-hybridized carbons (Fsp3) is 0.722. The second-order valence-corrected chi connectivity index (χ2v) is 7.72. The molecule has 140 valence electrons. The quantitative estimate of drug-likeness (QED) is 0.815. The summed E-state index contributed by atoms with van der Waals surface area (Å²) in [5, 5.41) is 12.4. The molecule has 0 aliphatic carbocycles. The van der Waals surface area contributed by atoms with Crippen molar-refractivity contribution in [3.8, 4) is 0 Å². The van der Waals surface area contributed by atoms with Crippen LogP contribution in [0.15, 0.2) is 18.5 Å². The molecule has 2 aromatic heterocycles. The second kappa shape index (κ2) is 6.75. The van der Waals surface area contributed by atoms with E-state index in [0.29, 0.717) is 12.0 Å². The van der Waals surface area contributed by atoms with Gasteiger partial charge < -0.3 is 19.1 Å². The van der Waals surface area contributed by atoms with E-state index in [-0.39, 0.29) is 5.60 Å². The monoisotopic (exact) mass is 359 g/mol. The predicted octanol–water partition coefficient (Wildman–Crippen LogP) is 1.31. The van der Waals surface area contributed by atoms with E-state index >= 15 is 0 Å². The summed E-state index contributed by atoms with van der Waals surface area (Å²) in [6, 6.07) is 3.95. The van der Waals surface area contributed by atoms with Gasteiger partial charge in [0.1, 0.15) is 17.7 Å². The van der Waals surface area contributed by atoms with Crippen molar-refractivity contribution in [1.82, 2.24) is 19.8 Å². The van der Waals surface area contributed by atoms with Crippen molar-refractivity contribution in [3.63, 3.8) is 0 Å². The highest BCUT2D eigenvalue weighted by molar-refractivity contribution is 5.48. The molecular weight excluding hydrogens is 334 g/mol. The van der Waals surface area contributed by atoms with Gasteiger partial charge >= 0.3 is 0 Å². The number of anilines is 1. The lowest BCUT2D eigenvalue weighted by Gasteiger charge is -2.53. The summed E-state index contributed by atoms with van der Waals surface area (Å²) in [6.45, 7) is 5.13. The van der Waals surface area contributed by atoms with Crippen molar-refractivity contribution in [2.75, 3.05) is 44.4 Å². The van der Waals surface area contributed by atoms with E-state index in [1.54, 1.807) is 10.8 Å². The molecule has 0 radical (unpaired) electrons. The van der Waals surface area contributed by atoms with Crippen molar-refractivity contribution in [3.05, 3.63) is 18.5 Å². The van der Waals surface area contributed by atoms with E-state index in [2.05, 4.69) is 20.2 Å². The minimum atomic E-state index is -0.0809. The summed E-state index contributed by atoms with van der Waals surface area (Å²) >= 11 is 0. The SMILES string of the molecule is c1cc2nncn2nc1N1CC2(C[C@@H](OCC3CCOCC3)CCO2)C1. The molecule has 8 heteroatoms. The highest BCUT2D eigenvalue weighted by atomic mass is 16.5. The fourth-order valence-electron chi connectivity index (χ4n) is 4.23. The van der Waals surface area contributed by atoms with E-state index < -0.39 is 0 Å². The maximum Gasteiger partial charge on any atom is 0.177 e. The first-order valence-electron chi connectivity index (χ1n) is 9.55. The molecule has 5 heterocycles. The predicted molar refractivity (Wildman–Crippen MR) is 94.2 cm³/mol. The lowest BCUT2D eigenvalue weighted by molar-refractivity contribution is -0.150. The molecule has 8 nitrogen and oxygen atoms in total. The number of rotatable bonds is 4. The van der Waals surface area contributed by atoms with Gasteiger partial charge in [-0.3, -0.25) is 0 Å². The molecule has 0 unspecified atom stereocenters. The van der Waals surface area contributed by atoms with Crippen molar-refractivity contribution in [2.45, 2.75) is 37.4 Å². The molecular formula is C18H25N5O3. The number of aromatic nitrogens is 4. The Balaban J connectivity index is 1.17. The van der Waals surface area contributed by atoms with Gasteiger partial charge in [0.25, 0.3) is 0 Å². The Morgan fingerprint density at radius 2 is 2.04 bits per heavy atom. The summed E-state index contributed by atoms with van der Waals surface area (Å²) in [6.07, 6.45) is 6.16. The third-order valence-electron chi connectivity index (χ3n) is 5.79. The zero-order valence-electron chi connectivity index (χ0n) is 14.9. The summed E-state index contributed by atoms with van der Waals surface area (Å²) < 4.78 is 19.5. The van der Waals surface area contributed by atoms with E-state index in [1.807, 2.05) is 12.1 Å². The largest absolute Gasteiger partial charge is 0.381 e. The first-order chi connectivity index (χ1) is 12.8. The minimum Gasteiger partial charge on any atom is -0.381 e. The second-order valence-electron chi connectivity index (χ2n) is 7.72. The van der Waals surface area contributed by atoms with Crippen LogP contribution in [-0.4, -0.2) is 71.0 Å². The van der Waals surface area contributed by atoms with Gasteiger partial charge in [0.05, 0.1) is 19.2 Å². The number of hydrogen-bond donors (Lipinski definition) is 0. The highest BCUT2D eigenvalue weighted by Gasteiger charge is 2.48. The summed E-state index contributed by atoms with van der Waals surface area (Å²) in [7, 11) is 0. The van der Waals surface area contributed by atoms with Crippen molar-refractivity contribution < 1.29 is 14.2 Å². The Hall–Kier alpha value is -1.77. The van der Waals surface area contributed by atoms with Crippen LogP contribution >= 0.6 is 0 Å². The van der Waals surface area contributed by atoms with Crippen molar-refractivity contribution in [1.29, 1.82) is 0 Å². The number of ether oxygens (including phenoxy) is 3. The molecule has 0 amide bonds. The van der Waals surface area contributed by atoms with Crippen LogP contribution < -0.4 is 4.90 Å². The zero-order valence-corrected chi connectivity index (χ0v) is 14.9. The zero-order chi connectivity index (χ0) is 17.4. The first kappa shape index (κ1) is 16.4. The molecule has 3 fully saturated rings. The molecule has 0 saturated carbocycles. The fourth-order valence-corrected chi connectivity index (χ4v) is 4.23. The highest BCUT2D eigenvalue weighted by Crippen LogP contribution is 2.37. The lowest BCUT2D eigenvalue weighted by atomic mass is 9.84. The lowest BCUT2D eigenvalue weighted by Crippen LogP contribution is -2.66. The van der Waals surface area contributed by atoms with Crippen LogP contribution in [0.2, 0.25) is 0 Å². The molecule has 1 spiro atoms. The standard InChI is InChI=1S/C18H25N5O3/c1-2-17(21-23-13-19-20-16(1)23)22-11-18(12-22)9-15(5-8-26-18)25-10-14-3-6-24-7-4-14/h1-2,13-15H,3-12H2/t15-/m0/s1. The molecule has 3 aliphatic heterocycles.